The number of aryl methyl sites for hydroxylation is 1. The van der Waals surface area contributed by atoms with Crippen LogP contribution in [0.4, 0.5) is 0 Å². The number of hydrogen-bond donors (Lipinski definition) is 1. The van der Waals surface area contributed by atoms with E-state index in [-0.39, 0.29) is 6.04 Å². The molecular formula is C15H21N3O. The van der Waals surface area contributed by atoms with Crippen LogP contribution in [0.3, 0.4) is 0 Å². The maximum Gasteiger partial charge on any atom is 0.119 e. The molecule has 1 unspecified atom stereocenters. The Hall–Kier alpha value is -1.81. The van der Waals surface area contributed by atoms with Crippen molar-refractivity contribution >= 4 is 0 Å². The second-order valence-electron chi connectivity index (χ2n) is 4.52. The van der Waals surface area contributed by atoms with Gasteiger partial charge in [0, 0.05) is 18.3 Å². The van der Waals surface area contributed by atoms with Crippen LogP contribution >= 0.6 is 0 Å². The molecular weight excluding hydrogens is 238 g/mol. The summed E-state index contributed by atoms with van der Waals surface area (Å²) in [5, 5.41) is 4.31. The summed E-state index contributed by atoms with van der Waals surface area (Å²) < 4.78 is 7.36. The average Bonchev–Trinajstić information content (AvgIpc) is 2.88. The van der Waals surface area contributed by atoms with E-state index in [0.29, 0.717) is 6.61 Å². The molecule has 0 aliphatic carbocycles. The van der Waals surface area contributed by atoms with Gasteiger partial charge in [0.1, 0.15) is 5.75 Å². The quantitative estimate of drug-likeness (QED) is 0.867. The molecule has 0 aliphatic heterocycles. The van der Waals surface area contributed by atoms with Gasteiger partial charge in [0.25, 0.3) is 0 Å². The molecule has 1 aromatic carbocycles. The Morgan fingerprint density at radius 3 is 2.58 bits per heavy atom. The molecule has 0 radical (unpaired) electrons. The normalized spacial score (nSPS) is 12.4. The number of ether oxygens (including phenoxy) is 1. The first kappa shape index (κ1) is 13.6. The number of aromatic nitrogens is 2. The van der Waals surface area contributed by atoms with Crippen LogP contribution in [0.5, 0.6) is 5.75 Å². The number of benzene rings is 1. The number of rotatable bonds is 6. The first-order valence-electron chi connectivity index (χ1n) is 6.75. The maximum absolute atomic E-state index is 6.26. The van der Waals surface area contributed by atoms with E-state index in [1.54, 1.807) is 0 Å². The molecule has 1 atom stereocenters. The van der Waals surface area contributed by atoms with Gasteiger partial charge in [-0.3, -0.25) is 4.68 Å². The van der Waals surface area contributed by atoms with E-state index in [4.69, 9.17) is 10.5 Å². The van der Waals surface area contributed by atoms with Crippen LogP contribution in [0, 0.1) is 0 Å². The molecule has 102 valence electrons. The third-order valence-electron chi connectivity index (χ3n) is 3.02. The van der Waals surface area contributed by atoms with E-state index >= 15 is 0 Å². The van der Waals surface area contributed by atoms with E-state index in [0.717, 1.165) is 29.8 Å². The fourth-order valence-corrected chi connectivity index (χ4v) is 2.02. The molecule has 2 N–H and O–H groups in total. The smallest absolute Gasteiger partial charge is 0.119 e. The van der Waals surface area contributed by atoms with Crippen molar-refractivity contribution in [2.75, 3.05) is 6.61 Å². The molecule has 0 spiro atoms. The highest BCUT2D eigenvalue weighted by molar-refractivity contribution is 5.33. The van der Waals surface area contributed by atoms with Crippen LogP contribution in [-0.2, 0) is 6.54 Å². The summed E-state index contributed by atoms with van der Waals surface area (Å²) >= 11 is 0. The second kappa shape index (κ2) is 6.38. The lowest BCUT2D eigenvalue weighted by Gasteiger charge is -2.11. The molecule has 2 aromatic rings. The molecule has 2 rings (SSSR count). The van der Waals surface area contributed by atoms with Crippen molar-refractivity contribution in [2.45, 2.75) is 32.9 Å². The van der Waals surface area contributed by atoms with E-state index in [2.05, 4.69) is 12.0 Å². The minimum absolute atomic E-state index is 0.138. The summed E-state index contributed by atoms with van der Waals surface area (Å²) in [6, 6.07) is 7.78. The van der Waals surface area contributed by atoms with Crippen LogP contribution in [0.2, 0.25) is 0 Å². The fraction of sp³-hybridized carbons (Fsp3) is 0.400. The van der Waals surface area contributed by atoms with Gasteiger partial charge in [0.2, 0.25) is 0 Å². The number of nitrogens with zero attached hydrogens (tertiary/aromatic N) is 2. The van der Waals surface area contributed by atoms with Gasteiger partial charge in [0.05, 0.1) is 18.8 Å². The van der Waals surface area contributed by atoms with E-state index < -0.39 is 0 Å². The maximum atomic E-state index is 6.26. The standard InChI is InChI=1S/C15H21N3O/c1-3-9-18-11-13(10-17-18)15(16)12-5-7-14(8-6-12)19-4-2/h5-8,10-11,15H,3-4,9,16H2,1-2H3. The minimum Gasteiger partial charge on any atom is -0.494 e. The Balaban J connectivity index is 2.11. The topological polar surface area (TPSA) is 53.1 Å². The summed E-state index contributed by atoms with van der Waals surface area (Å²) in [6.45, 7) is 5.71. The molecule has 0 fully saturated rings. The SMILES string of the molecule is CCCn1cc(C(N)c2ccc(OCC)cc2)cn1. The van der Waals surface area contributed by atoms with Crippen molar-refractivity contribution < 1.29 is 4.74 Å². The van der Waals surface area contributed by atoms with E-state index in [9.17, 15) is 0 Å². The van der Waals surface area contributed by atoms with Crippen molar-refractivity contribution in [2.24, 2.45) is 5.73 Å². The first-order valence-corrected chi connectivity index (χ1v) is 6.75. The predicted molar refractivity (Wildman–Crippen MR) is 76.2 cm³/mol. The molecule has 19 heavy (non-hydrogen) atoms. The van der Waals surface area contributed by atoms with Crippen molar-refractivity contribution in [1.82, 2.24) is 9.78 Å². The van der Waals surface area contributed by atoms with Gasteiger partial charge in [-0.05, 0) is 31.0 Å². The molecule has 4 nitrogen and oxygen atoms in total. The van der Waals surface area contributed by atoms with Crippen molar-refractivity contribution in [1.29, 1.82) is 0 Å². The molecule has 0 bridgehead atoms. The van der Waals surface area contributed by atoms with Gasteiger partial charge in [0.15, 0.2) is 0 Å². The third kappa shape index (κ3) is 3.35. The highest BCUT2D eigenvalue weighted by Crippen LogP contribution is 2.21. The van der Waals surface area contributed by atoms with Crippen LogP contribution in [-0.4, -0.2) is 16.4 Å². The first-order chi connectivity index (χ1) is 9.24. The van der Waals surface area contributed by atoms with Crippen molar-refractivity contribution in [3.63, 3.8) is 0 Å². The summed E-state index contributed by atoms with van der Waals surface area (Å²) in [5.74, 6) is 0.875. The van der Waals surface area contributed by atoms with Crippen molar-refractivity contribution in [3.05, 3.63) is 47.8 Å². The second-order valence-corrected chi connectivity index (χ2v) is 4.52. The molecule has 1 heterocycles. The van der Waals surface area contributed by atoms with Gasteiger partial charge in [-0.1, -0.05) is 19.1 Å². The predicted octanol–water partition coefficient (Wildman–Crippen LogP) is 2.74. The largest absolute Gasteiger partial charge is 0.494 e. The van der Waals surface area contributed by atoms with Crippen LogP contribution < -0.4 is 10.5 Å². The lowest BCUT2D eigenvalue weighted by molar-refractivity contribution is 0.340. The highest BCUT2D eigenvalue weighted by atomic mass is 16.5. The third-order valence-corrected chi connectivity index (χ3v) is 3.02. The molecule has 0 saturated carbocycles. The van der Waals surface area contributed by atoms with Gasteiger partial charge in [-0.15, -0.1) is 0 Å². The van der Waals surface area contributed by atoms with E-state index in [1.807, 2.05) is 48.3 Å². The monoisotopic (exact) mass is 259 g/mol. The zero-order valence-corrected chi connectivity index (χ0v) is 11.5. The average molecular weight is 259 g/mol. The van der Waals surface area contributed by atoms with Crippen LogP contribution in [0.15, 0.2) is 36.7 Å². The summed E-state index contributed by atoms with van der Waals surface area (Å²) in [7, 11) is 0. The fourth-order valence-electron chi connectivity index (χ4n) is 2.02. The van der Waals surface area contributed by atoms with Crippen LogP contribution in [0.1, 0.15) is 37.4 Å². The zero-order valence-electron chi connectivity index (χ0n) is 11.5. The zero-order chi connectivity index (χ0) is 13.7. The van der Waals surface area contributed by atoms with Crippen molar-refractivity contribution in [3.8, 4) is 5.75 Å². The summed E-state index contributed by atoms with van der Waals surface area (Å²) in [5.41, 5.74) is 8.36. The Labute approximate surface area is 114 Å². The lowest BCUT2D eigenvalue weighted by atomic mass is 10.0. The Bertz CT molecular complexity index is 504. The van der Waals surface area contributed by atoms with Gasteiger partial charge in [-0.2, -0.15) is 5.10 Å². The van der Waals surface area contributed by atoms with Gasteiger partial charge >= 0.3 is 0 Å². The number of nitrogens with two attached hydrogens (primary N) is 1. The Kier molecular flexibility index (Phi) is 4.58. The minimum atomic E-state index is -0.138. The van der Waals surface area contributed by atoms with Gasteiger partial charge in [-0.25, -0.2) is 0 Å². The number of hydrogen-bond acceptors (Lipinski definition) is 3. The van der Waals surface area contributed by atoms with Crippen LogP contribution in [0.25, 0.3) is 0 Å². The molecule has 1 aromatic heterocycles. The molecule has 0 aliphatic rings. The Morgan fingerprint density at radius 2 is 1.95 bits per heavy atom. The van der Waals surface area contributed by atoms with E-state index in [1.165, 1.54) is 0 Å². The molecule has 0 saturated heterocycles. The molecule has 4 heteroatoms. The molecule has 0 amide bonds. The summed E-state index contributed by atoms with van der Waals surface area (Å²) in [4.78, 5) is 0. The highest BCUT2D eigenvalue weighted by Gasteiger charge is 2.11. The Morgan fingerprint density at radius 1 is 1.21 bits per heavy atom. The summed E-state index contributed by atoms with van der Waals surface area (Å²) in [6.07, 6.45) is 4.93. The van der Waals surface area contributed by atoms with Gasteiger partial charge < -0.3 is 10.5 Å². The lowest BCUT2D eigenvalue weighted by Crippen LogP contribution is -2.11.